The maximum Gasteiger partial charge on any atom is 0.334 e. The molecule has 0 aromatic heterocycles. The molecule has 3 nitrogen and oxygen atoms in total. The summed E-state index contributed by atoms with van der Waals surface area (Å²) in [5.74, 6) is -0.941. The summed E-state index contributed by atoms with van der Waals surface area (Å²) < 4.78 is 4.71. The third-order valence-corrected chi connectivity index (χ3v) is 2.83. The molecule has 0 saturated heterocycles. The Balaban J connectivity index is 0.000000206. The minimum absolute atomic E-state index is 0.219. The Hall–Kier alpha value is -2.00. The Labute approximate surface area is 123 Å². The lowest BCUT2D eigenvalue weighted by molar-refractivity contribution is -0.132. The van der Waals surface area contributed by atoms with Crippen molar-refractivity contribution < 1.29 is 14.6 Å². The lowest BCUT2D eigenvalue weighted by atomic mass is 10.1. The molecule has 2 aromatic rings. The van der Waals surface area contributed by atoms with Crippen LogP contribution in [-0.2, 0) is 9.53 Å². The maximum atomic E-state index is 10.1. The van der Waals surface area contributed by atoms with Crippen LogP contribution in [0.25, 0.3) is 10.8 Å². The fourth-order valence-electron chi connectivity index (χ4n) is 1.44. The van der Waals surface area contributed by atoms with E-state index in [1.165, 1.54) is 18.6 Å². The number of ether oxygens (including phenoxy) is 1. The van der Waals surface area contributed by atoms with Crippen LogP contribution in [0, 0.1) is 0 Å². The summed E-state index contributed by atoms with van der Waals surface area (Å²) >= 11 is 5.96. The SMILES string of the molecule is CCO/C=C(\C)C(=O)O.Clc1cccc2ccccc12. The predicted molar refractivity (Wildman–Crippen MR) is 82.0 cm³/mol. The van der Waals surface area contributed by atoms with Crippen molar-refractivity contribution in [1.82, 2.24) is 0 Å². The first kappa shape index (κ1) is 16.1. The van der Waals surface area contributed by atoms with Crippen LogP contribution >= 0.6 is 11.6 Å². The molecule has 2 rings (SSSR count). The van der Waals surface area contributed by atoms with Crippen molar-refractivity contribution in [3.05, 3.63) is 59.3 Å². The van der Waals surface area contributed by atoms with Crippen molar-refractivity contribution in [1.29, 1.82) is 0 Å². The number of halogens is 1. The van der Waals surface area contributed by atoms with E-state index in [-0.39, 0.29) is 5.57 Å². The molecular formula is C16H17ClO3. The minimum Gasteiger partial charge on any atom is -0.501 e. The number of fused-ring (bicyclic) bond motifs is 1. The van der Waals surface area contributed by atoms with E-state index in [0.29, 0.717) is 6.61 Å². The highest BCUT2D eigenvalue weighted by Crippen LogP contribution is 2.21. The Kier molecular flexibility index (Phi) is 6.60. The lowest BCUT2D eigenvalue weighted by Gasteiger charge is -1.97. The number of hydrogen-bond acceptors (Lipinski definition) is 2. The van der Waals surface area contributed by atoms with Gasteiger partial charge in [0.1, 0.15) is 0 Å². The quantitative estimate of drug-likeness (QED) is 0.669. The zero-order valence-corrected chi connectivity index (χ0v) is 12.2. The van der Waals surface area contributed by atoms with Crippen LogP contribution in [0.15, 0.2) is 54.3 Å². The van der Waals surface area contributed by atoms with Gasteiger partial charge in [0.25, 0.3) is 0 Å². The third kappa shape index (κ3) is 4.94. The van der Waals surface area contributed by atoms with Crippen LogP contribution in [-0.4, -0.2) is 17.7 Å². The summed E-state index contributed by atoms with van der Waals surface area (Å²) in [6.07, 6.45) is 1.24. The van der Waals surface area contributed by atoms with Gasteiger partial charge in [-0.3, -0.25) is 0 Å². The summed E-state index contributed by atoms with van der Waals surface area (Å²) in [6, 6.07) is 14.0. The summed E-state index contributed by atoms with van der Waals surface area (Å²) in [6.45, 7) is 3.79. The fourth-order valence-corrected chi connectivity index (χ4v) is 1.69. The molecule has 0 saturated carbocycles. The van der Waals surface area contributed by atoms with Gasteiger partial charge in [-0.2, -0.15) is 0 Å². The summed E-state index contributed by atoms with van der Waals surface area (Å²) in [5.41, 5.74) is 0.219. The van der Waals surface area contributed by atoms with E-state index in [0.717, 1.165) is 10.4 Å². The second kappa shape index (κ2) is 8.23. The first-order chi connectivity index (χ1) is 9.56. The zero-order chi connectivity index (χ0) is 15.0. The van der Waals surface area contributed by atoms with Crippen LogP contribution in [0.5, 0.6) is 0 Å². The Bertz CT molecular complexity index is 600. The molecule has 0 amide bonds. The number of carboxylic acid groups (broad SMARTS) is 1. The molecule has 0 radical (unpaired) electrons. The van der Waals surface area contributed by atoms with Gasteiger partial charge >= 0.3 is 5.97 Å². The number of benzene rings is 2. The highest BCUT2D eigenvalue weighted by molar-refractivity contribution is 6.35. The van der Waals surface area contributed by atoms with Crippen LogP contribution in [0.4, 0.5) is 0 Å². The maximum absolute atomic E-state index is 10.1. The summed E-state index contributed by atoms with van der Waals surface area (Å²) in [5, 5.41) is 11.4. The molecule has 0 aliphatic rings. The van der Waals surface area contributed by atoms with Gasteiger partial charge in [-0.25, -0.2) is 4.79 Å². The van der Waals surface area contributed by atoms with Crippen molar-refractivity contribution in [3.63, 3.8) is 0 Å². The highest BCUT2D eigenvalue weighted by atomic mass is 35.5. The van der Waals surface area contributed by atoms with E-state index in [4.69, 9.17) is 21.4 Å². The normalized spacial score (nSPS) is 10.7. The zero-order valence-electron chi connectivity index (χ0n) is 11.5. The molecule has 0 spiro atoms. The average Bonchev–Trinajstić information content (AvgIpc) is 2.46. The Morgan fingerprint density at radius 1 is 1.25 bits per heavy atom. The standard InChI is InChI=1S/C10H7Cl.C6H10O3/c11-10-7-3-5-8-4-1-2-6-9(8)10;1-3-9-4-5(2)6(7)8/h1-7H;4H,3H2,1-2H3,(H,7,8)/b;5-4+. The molecule has 2 aromatic carbocycles. The van der Waals surface area contributed by atoms with Gasteiger partial charge in [0.05, 0.1) is 18.4 Å². The van der Waals surface area contributed by atoms with Crippen molar-refractivity contribution in [2.75, 3.05) is 6.61 Å². The summed E-state index contributed by atoms with van der Waals surface area (Å²) in [7, 11) is 0. The first-order valence-corrected chi connectivity index (χ1v) is 6.59. The number of aliphatic carboxylic acids is 1. The van der Waals surface area contributed by atoms with E-state index in [2.05, 4.69) is 12.1 Å². The van der Waals surface area contributed by atoms with Crippen molar-refractivity contribution in [2.24, 2.45) is 0 Å². The third-order valence-electron chi connectivity index (χ3n) is 2.50. The molecule has 0 aliphatic carbocycles. The second-order valence-corrected chi connectivity index (χ2v) is 4.43. The smallest absolute Gasteiger partial charge is 0.334 e. The van der Waals surface area contributed by atoms with Gasteiger partial charge in [0, 0.05) is 10.4 Å². The molecule has 0 heterocycles. The lowest BCUT2D eigenvalue weighted by Crippen LogP contribution is -1.96. The van der Waals surface area contributed by atoms with E-state index in [9.17, 15) is 4.79 Å². The molecule has 0 fully saturated rings. The van der Waals surface area contributed by atoms with Crippen LogP contribution in [0.2, 0.25) is 5.02 Å². The molecule has 0 bridgehead atoms. The van der Waals surface area contributed by atoms with E-state index < -0.39 is 5.97 Å². The minimum atomic E-state index is -0.941. The fraction of sp³-hybridized carbons (Fsp3) is 0.188. The number of carbonyl (C=O) groups is 1. The van der Waals surface area contributed by atoms with Gasteiger partial charge in [-0.05, 0) is 25.3 Å². The molecule has 0 atom stereocenters. The number of carboxylic acids is 1. The van der Waals surface area contributed by atoms with Crippen molar-refractivity contribution >= 4 is 28.3 Å². The van der Waals surface area contributed by atoms with Crippen molar-refractivity contribution in [3.8, 4) is 0 Å². The summed E-state index contributed by atoms with van der Waals surface area (Å²) in [4.78, 5) is 10.1. The average molecular weight is 293 g/mol. The topological polar surface area (TPSA) is 46.5 Å². The van der Waals surface area contributed by atoms with Gasteiger partial charge < -0.3 is 9.84 Å². The largest absolute Gasteiger partial charge is 0.501 e. The van der Waals surface area contributed by atoms with Gasteiger partial charge in [-0.15, -0.1) is 0 Å². The molecule has 1 N–H and O–H groups in total. The van der Waals surface area contributed by atoms with Gasteiger partial charge in [0.15, 0.2) is 0 Å². The van der Waals surface area contributed by atoms with Crippen LogP contribution < -0.4 is 0 Å². The van der Waals surface area contributed by atoms with E-state index >= 15 is 0 Å². The molecule has 0 aliphatic heterocycles. The van der Waals surface area contributed by atoms with Gasteiger partial charge in [-0.1, -0.05) is 48.0 Å². The van der Waals surface area contributed by atoms with E-state index in [1.54, 1.807) is 6.92 Å². The molecule has 106 valence electrons. The molecule has 4 heteroatoms. The number of hydrogen-bond donors (Lipinski definition) is 1. The molecule has 0 unspecified atom stereocenters. The van der Waals surface area contributed by atoms with Crippen LogP contribution in [0.3, 0.4) is 0 Å². The predicted octanol–water partition coefficient (Wildman–Crippen LogP) is 4.50. The highest BCUT2D eigenvalue weighted by Gasteiger charge is 1.97. The Morgan fingerprint density at radius 3 is 2.50 bits per heavy atom. The van der Waals surface area contributed by atoms with Crippen molar-refractivity contribution in [2.45, 2.75) is 13.8 Å². The van der Waals surface area contributed by atoms with Gasteiger partial charge in [0.2, 0.25) is 0 Å². The monoisotopic (exact) mass is 292 g/mol. The van der Waals surface area contributed by atoms with Crippen LogP contribution in [0.1, 0.15) is 13.8 Å². The Morgan fingerprint density at radius 2 is 1.90 bits per heavy atom. The molecule has 20 heavy (non-hydrogen) atoms. The molecular weight excluding hydrogens is 276 g/mol. The number of rotatable bonds is 3. The van der Waals surface area contributed by atoms with E-state index in [1.807, 2.05) is 30.3 Å². The second-order valence-electron chi connectivity index (χ2n) is 4.02. The first-order valence-electron chi connectivity index (χ1n) is 6.21.